The van der Waals surface area contributed by atoms with Crippen molar-refractivity contribution < 1.29 is 28.9 Å². The number of ether oxygens (including phenoxy) is 3. The van der Waals surface area contributed by atoms with Crippen molar-refractivity contribution in [3.05, 3.63) is 48.1 Å². The zero-order valence-electron chi connectivity index (χ0n) is 22.5. The molecule has 3 saturated carbocycles. The van der Waals surface area contributed by atoms with Gasteiger partial charge in [-0.2, -0.15) is 0 Å². The molecule has 7 nitrogen and oxygen atoms in total. The van der Waals surface area contributed by atoms with Gasteiger partial charge in [0.05, 0.1) is 12.2 Å². The van der Waals surface area contributed by atoms with Crippen molar-refractivity contribution in [1.29, 1.82) is 0 Å². The van der Waals surface area contributed by atoms with Crippen LogP contribution in [0.3, 0.4) is 0 Å². The number of aliphatic hydroxyl groups excluding tert-OH is 1. The number of ketones is 2. The first-order valence-electron chi connectivity index (χ1n) is 14.1. The predicted molar refractivity (Wildman–Crippen MR) is 142 cm³/mol. The Morgan fingerprint density at radius 3 is 2.74 bits per heavy atom. The fraction of sp³-hybridized carbons (Fsp3) is 0.613. The molecule has 0 spiro atoms. The number of rotatable bonds is 6. The summed E-state index contributed by atoms with van der Waals surface area (Å²) < 4.78 is 19.1. The van der Waals surface area contributed by atoms with Crippen LogP contribution < -0.4 is 10.5 Å². The van der Waals surface area contributed by atoms with Crippen LogP contribution in [-0.4, -0.2) is 47.4 Å². The number of nitrogens with two attached hydrogens (primary N) is 1. The van der Waals surface area contributed by atoms with Crippen LogP contribution in [0.2, 0.25) is 0 Å². The molecule has 1 aromatic rings. The summed E-state index contributed by atoms with van der Waals surface area (Å²) in [5.41, 5.74) is 5.41. The maximum atomic E-state index is 14.2. The van der Waals surface area contributed by atoms with Crippen molar-refractivity contribution in [2.75, 3.05) is 12.3 Å². The lowest BCUT2D eigenvalue weighted by molar-refractivity contribution is -0.200. The van der Waals surface area contributed by atoms with Crippen LogP contribution in [0.1, 0.15) is 59.3 Å². The lowest BCUT2D eigenvalue weighted by Crippen LogP contribution is -2.63. The molecule has 38 heavy (non-hydrogen) atoms. The third kappa shape index (κ3) is 3.58. The summed E-state index contributed by atoms with van der Waals surface area (Å²) in [4.78, 5) is 26.3. The summed E-state index contributed by atoms with van der Waals surface area (Å²) >= 11 is 0. The molecular weight excluding hydrogens is 482 g/mol. The van der Waals surface area contributed by atoms with E-state index >= 15 is 0 Å². The maximum absolute atomic E-state index is 14.2. The van der Waals surface area contributed by atoms with Gasteiger partial charge < -0.3 is 25.1 Å². The Balaban J connectivity index is 1.34. The highest BCUT2D eigenvalue weighted by molar-refractivity contribution is 6.01. The Hall–Kier alpha value is -2.48. The first-order chi connectivity index (χ1) is 18.1. The number of allylic oxidation sites excluding steroid dienone is 4. The molecule has 3 unspecified atom stereocenters. The van der Waals surface area contributed by atoms with Crippen LogP contribution in [0, 0.1) is 28.6 Å². The number of carbonyl (C=O) groups is 2. The number of hydrogen-bond acceptors (Lipinski definition) is 7. The smallest absolute Gasteiger partial charge is 0.205 e. The molecule has 3 N–H and O–H groups in total. The summed E-state index contributed by atoms with van der Waals surface area (Å²) in [5.74, 6) is 0.789. The van der Waals surface area contributed by atoms with Gasteiger partial charge in [-0.25, -0.2) is 0 Å². The van der Waals surface area contributed by atoms with Gasteiger partial charge in [-0.3, -0.25) is 9.59 Å². The van der Waals surface area contributed by atoms with E-state index in [4.69, 9.17) is 19.9 Å². The van der Waals surface area contributed by atoms with E-state index in [0.717, 1.165) is 31.3 Å². The molecule has 4 aliphatic carbocycles. The molecule has 0 amide bonds. The third-order valence-electron chi connectivity index (χ3n) is 10.5. The van der Waals surface area contributed by atoms with Crippen molar-refractivity contribution >= 4 is 17.3 Å². The SMILES string of the molecule is CCCC1O[C@@H]2CC3[C@@H]4CCC5=CC(=O)C=C[C@]5(C)C4[C@@H](O)C[C@]3(C)[C@]2(C(=O)COc2ccc(N)cc2)O1. The number of aliphatic hydroxyl groups is 1. The molecule has 204 valence electrons. The van der Waals surface area contributed by atoms with Gasteiger partial charge in [-0.05, 0) is 80.4 Å². The zero-order valence-corrected chi connectivity index (χ0v) is 22.5. The molecule has 1 heterocycles. The summed E-state index contributed by atoms with van der Waals surface area (Å²) in [5, 5.41) is 11.8. The lowest BCUT2D eigenvalue weighted by atomic mass is 9.46. The Morgan fingerprint density at radius 1 is 1.24 bits per heavy atom. The van der Waals surface area contributed by atoms with E-state index in [9.17, 15) is 14.7 Å². The summed E-state index contributed by atoms with van der Waals surface area (Å²) in [7, 11) is 0. The molecule has 4 fully saturated rings. The molecule has 1 saturated heterocycles. The predicted octanol–water partition coefficient (Wildman–Crippen LogP) is 4.39. The van der Waals surface area contributed by atoms with E-state index in [1.54, 1.807) is 36.4 Å². The molecule has 5 aliphatic rings. The van der Waals surface area contributed by atoms with E-state index in [1.807, 2.05) is 6.08 Å². The quantitative estimate of drug-likeness (QED) is 0.535. The molecule has 0 radical (unpaired) electrons. The number of fused-ring (bicyclic) bond motifs is 7. The van der Waals surface area contributed by atoms with Crippen molar-refractivity contribution in [2.24, 2.45) is 28.6 Å². The van der Waals surface area contributed by atoms with Crippen LogP contribution in [0.5, 0.6) is 5.75 Å². The minimum atomic E-state index is -1.17. The van der Waals surface area contributed by atoms with Crippen molar-refractivity contribution in [1.82, 2.24) is 0 Å². The Morgan fingerprint density at radius 2 is 2.00 bits per heavy atom. The van der Waals surface area contributed by atoms with E-state index in [-0.39, 0.29) is 47.4 Å². The molecular formula is C31H39NO6. The minimum Gasteiger partial charge on any atom is -0.486 e. The summed E-state index contributed by atoms with van der Waals surface area (Å²) in [6.45, 7) is 6.23. The number of Topliss-reactive ketones (excluding diaryl/α,β-unsaturated/α-hetero) is 1. The number of nitrogen functional groups attached to an aromatic ring is 1. The minimum absolute atomic E-state index is 0.0200. The van der Waals surface area contributed by atoms with Crippen LogP contribution in [-0.2, 0) is 19.1 Å². The van der Waals surface area contributed by atoms with Gasteiger partial charge in [-0.15, -0.1) is 0 Å². The summed E-state index contributed by atoms with van der Waals surface area (Å²) in [6, 6.07) is 7.01. The van der Waals surface area contributed by atoms with E-state index in [2.05, 4.69) is 20.8 Å². The number of hydrogen-bond donors (Lipinski definition) is 2. The molecule has 0 bridgehead atoms. The first kappa shape index (κ1) is 25.8. The highest BCUT2D eigenvalue weighted by Crippen LogP contribution is 2.69. The topological polar surface area (TPSA) is 108 Å². The third-order valence-corrected chi connectivity index (χ3v) is 10.5. The van der Waals surface area contributed by atoms with Crippen LogP contribution in [0.15, 0.2) is 48.1 Å². The Bertz CT molecular complexity index is 1190. The number of benzene rings is 1. The van der Waals surface area contributed by atoms with Crippen molar-refractivity contribution in [2.45, 2.75) is 83.4 Å². The van der Waals surface area contributed by atoms with Crippen LogP contribution >= 0.6 is 0 Å². The van der Waals surface area contributed by atoms with Gasteiger partial charge in [0.25, 0.3) is 0 Å². The molecule has 1 aliphatic heterocycles. The Kier molecular flexibility index (Phi) is 6.13. The van der Waals surface area contributed by atoms with Gasteiger partial charge in [-0.1, -0.05) is 38.8 Å². The standard InChI is InChI=1S/C31H39NO6/c1-4-5-27-37-26-15-23-22-11-6-18-14-20(33)12-13-29(18,2)28(22)24(34)16-30(23,3)31(26,38-27)25(35)17-36-21-9-7-19(32)8-10-21/h7-10,12-14,22-24,26-28,34H,4-6,11,15-17,32H2,1-3H3/t22-,23?,24-,26+,27?,28?,29-,30-,31+/m0/s1. The zero-order chi connectivity index (χ0) is 26.9. The normalized spacial score (nSPS) is 43.1. The largest absolute Gasteiger partial charge is 0.486 e. The van der Waals surface area contributed by atoms with Crippen LogP contribution in [0.25, 0.3) is 0 Å². The summed E-state index contributed by atoms with van der Waals surface area (Å²) in [6.07, 6.45) is 8.42. The molecule has 7 heteroatoms. The molecule has 6 rings (SSSR count). The van der Waals surface area contributed by atoms with Gasteiger partial charge in [0.2, 0.25) is 5.78 Å². The second-order valence-electron chi connectivity index (χ2n) is 12.4. The number of anilines is 1. The van der Waals surface area contributed by atoms with E-state index in [0.29, 0.717) is 24.3 Å². The second kappa shape index (κ2) is 9.04. The fourth-order valence-corrected chi connectivity index (χ4v) is 8.83. The van der Waals surface area contributed by atoms with Crippen LogP contribution in [0.4, 0.5) is 5.69 Å². The fourth-order valence-electron chi connectivity index (χ4n) is 8.83. The number of carbonyl (C=O) groups excluding carboxylic acids is 2. The molecule has 1 aromatic carbocycles. The first-order valence-corrected chi connectivity index (χ1v) is 14.1. The monoisotopic (exact) mass is 521 g/mol. The van der Waals surface area contributed by atoms with Gasteiger partial charge in [0.1, 0.15) is 12.4 Å². The van der Waals surface area contributed by atoms with E-state index in [1.165, 1.54) is 0 Å². The molecule has 0 aromatic heterocycles. The van der Waals surface area contributed by atoms with Crippen molar-refractivity contribution in [3.63, 3.8) is 0 Å². The highest BCUT2D eigenvalue weighted by atomic mass is 16.7. The highest BCUT2D eigenvalue weighted by Gasteiger charge is 2.75. The second-order valence-corrected chi connectivity index (χ2v) is 12.4. The average Bonchev–Trinajstić information content (AvgIpc) is 3.36. The maximum Gasteiger partial charge on any atom is 0.205 e. The lowest BCUT2D eigenvalue weighted by Gasteiger charge is -2.59. The molecule has 9 atom stereocenters. The van der Waals surface area contributed by atoms with Gasteiger partial charge in [0, 0.05) is 22.4 Å². The van der Waals surface area contributed by atoms with Crippen molar-refractivity contribution in [3.8, 4) is 5.75 Å². The van der Waals surface area contributed by atoms with Gasteiger partial charge >= 0.3 is 0 Å². The van der Waals surface area contributed by atoms with Gasteiger partial charge in [0.15, 0.2) is 17.7 Å². The Labute approximate surface area is 224 Å². The average molecular weight is 522 g/mol. The van der Waals surface area contributed by atoms with E-state index < -0.39 is 23.4 Å².